The van der Waals surface area contributed by atoms with Gasteiger partial charge in [0.2, 0.25) is 0 Å². The van der Waals surface area contributed by atoms with Crippen LogP contribution < -0.4 is 0 Å². The van der Waals surface area contributed by atoms with Crippen LogP contribution in [-0.4, -0.2) is 21.1 Å². The summed E-state index contributed by atoms with van der Waals surface area (Å²) in [5, 5.41) is -4.11. The van der Waals surface area contributed by atoms with E-state index in [0.29, 0.717) is 29.8 Å². The van der Waals surface area contributed by atoms with E-state index in [1.807, 2.05) is 0 Å². The Morgan fingerprint density at radius 1 is 1.04 bits per heavy atom. The first-order valence-electron chi connectivity index (χ1n) is 7.90. The molecule has 2 aromatic rings. The van der Waals surface area contributed by atoms with Crippen LogP contribution in [0.15, 0.2) is 54.7 Å². The van der Waals surface area contributed by atoms with Crippen LogP contribution in [0.1, 0.15) is 29.8 Å². The number of fused-ring (bicyclic) bond motifs is 1. The third kappa shape index (κ3) is 3.67. The number of benzene rings is 1. The lowest BCUT2D eigenvalue weighted by molar-refractivity contribution is -0.153. The highest BCUT2D eigenvalue weighted by atomic mass is 32.2. The Hall–Kier alpha value is -2.15. The standard InChI is InChI=1S/C19H16F4N2S/c1-12(4-5-13(2)17-24-8-3-9-25-17)14-6-7-15-11-18(20,21)19(22,23)26-16(15)10-14/h3,6-10H,1-2,4-5,11H2. The zero-order valence-corrected chi connectivity index (χ0v) is 14.6. The molecule has 0 saturated carbocycles. The van der Waals surface area contributed by atoms with Gasteiger partial charge < -0.3 is 0 Å². The molecule has 1 aliphatic rings. The Kier molecular flexibility index (Phi) is 4.92. The van der Waals surface area contributed by atoms with Gasteiger partial charge in [-0.3, -0.25) is 0 Å². The molecule has 1 aliphatic heterocycles. The van der Waals surface area contributed by atoms with E-state index in [9.17, 15) is 17.6 Å². The van der Waals surface area contributed by atoms with Crippen LogP contribution in [0, 0.1) is 0 Å². The molecule has 2 nitrogen and oxygen atoms in total. The van der Waals surface area contributed by atoms with Crippen LogP contribution in [0.4, 0.5) is 17.6 Å². The molecular weight excluding hydrogens is 364 g/mol. The highest BCUT2D eigenvalue weighted by molar-refractivity contribution is 8.00. The Bertz CT molecular complexity index is 850. The van der Waals surface area contributed by atoms with Crippen molar-refractivity contribution in [3.8, 4) is 0 Å². The van der Waals surface area contributed by atoms with Crippen LogP contribution in [0.25, 0.3) is 11.1 Å². The van der Waals surface area contributed by atoms with Gasteiger partial charge in [0.15, 0.2) is 5.82 Å². The van der Waals surface area contributed by atoms with Crippen molar-refractivity contribution in [2.45, 2.75) is 35.3 Å². The second-order valence-electron chi connectivity index (χ2n) is 6.10. The summed E-state index contributed by atoms with van der Waals surface area (Å²) in [6.07, 6.45) is 3.38. The van der Waals surface area contributed by atoms with Crippen LogP contribution in [-0.2, 0) is 6.42 Å². The van der Waals surface area contributed by atoms with Gasteiger partial charge in [0.1, 0.15) is 0 Å². The summed E-state index contributed by atoms with van der Waals surface area (Å²) in [7, 11) is 0. The molecule has 0 amide bonds. The van der Waals surface area contributed by atoms with Crippen LogP contribution in [0.2, 0.25) is 0 Å². The number of rotatable bonds is 5. The van der Waals surface area contributed by atoms with E-state index in [0.717, 1.165) is 5.57 Å². The predicted octanol–water partition coefficient (Wildman–Crippen LogP) is 5.86. The van der Waals surface area contributed by atoms with Crippen molar-refractivity contribution in [3.63, 3.8) is 0 Å². The van der Waals surface area contributed by atoms with E-state index in [4.69, 9.17) is 0 Å². The Morgan fingerprint density at radius 3 is 2.38 bits per heavy atom. The van der Waals surface area contributed by atoms with Crippen LogP contribution in [0.5, 0.6) is 0 Å². The van der Waals surface area contributed by atoms with Gasteiger partial charge in [0.05, 0.1) is 0 Å². The molecule has 136 valence electrons. The molecule has 2 heterocycles. The number of allylic oxidation sites excluding steroid dienone is 2. The summed E-state index contributed by atoms with van der Waals surface area (Å²) < 4.78 is 54.2. The first-order valence-corrected chi connectivity index (χ1v) is 8.72. The number of nitrogens with zero attached hydrogens (tertiary/aromatic N) is 2. The molecule has 0 saturated heterocycles. The molecule has 3 rings (SSSR count). The molecule has 0 unspecified atom stereocenters. The molecule has 0 fully saturated rings. The fraction of sp³-hybridized carbons (Fsp3) is 0.263. The highest BCUT2D eigenvalue weighted by Crippen LogP contribution is 2.53. The van der Waals surface area contributed by atoms with Gasteiger partial charge in [-0.1, -0.05) is 25.3 Å². The van der Waals surface area contributed by atoms with Gasteiger partial charge in [-0.2, -0.15) is 17.6 Å². The maximum Gasteiger partial charge on any atom is 0.360 e. The summed E-state index contributed by atoms with van der Waals surface area (Å²) in [5.74, 6) is -3.50. The Balaban J connectivity index is 1.71. The first kappa shape index (κ1) is 18.6. The molecule has 0 radical (unpaired) electrons. The van der Waals surface area contributed by atoms with Gasteiger partial charge in [-0.15, -0.1) is 0 Å². The molecule has 26 heavy (non-hydrogen) atoms. The molecule has 0 aliphatic carbocycles. The topological polar surface area (TPSA) is 25.8 Å². The SMILES string of the molecule is C=C(CCC(=C)c1ncccn1)c1ccc2c(c1)SC(F)(F)C(F)(F)C2. The second-order valence-corrected chi connectivity index (χ2v) is 7.26. The van der Waals surface area contributed by atoms with E-state index in [1.54, 1.807) is 24.5 Å². The summed E-state index contributed by atoms with van der Waals surface area (Å²) in [6.45, 7) is 7.92. The van der Waals surface area contributed by atoms with E-state index >= 15 is 0 Å². The number of aromatic nitrogens is 2. The van der Waals surface area contributed by atoms with Gasteiger partial charge in [-0.05, 0) is 59.0 Å². The third-order valence-electron chi connectivity index (χ3n) is 4.16. The minimum atomic E-state index is -4.11. The van der Waals surface area contributed by atoms with Crippen molar-refractivity contribution in [1.29, 1.82) is 0 Å². The maximum atomic E-state index is 13.6. The van der Waals surface area contributed by atoms with Gasteiger partial charge >= 0.3 is 11.2 Å². The minimum absolute atomic E-state index is 0.0881. The van der Waals surface area contributed by atoms with Crippen molar-refractivity contribution < 1.29 is 17.6 Å². The molecule has 1 aromatic carbocycles. The van der Waals surface area contributed by atoms with E-state index in [-0.39, 0.29) is 22.2 Å². The van der Waals surface area contributed by atoms with E-state index in [2.05, 4.69) is 23.1 Å². The van der Waals surface area contributed by atoms with Crippen molar-refractivity contribution >= 4 is 22.9 Å². The van der Waals surface area contributed by atoms with Crippen molar-refractivity contribution in [2.24, 2.45) is 0 Å². The molecule has 1 aromatic heterocycles. The average Bonchev–Trinajstić information content (AvgIpc) is 2.60. The molecule has 0 atom stereocenters. The summed E-state index contributed by atoms with van der Waals surface area (Å²) in [6, 6.07) is 6.33. The lowest BCUT2D eigenvalue weighted by Gasteiger charge is -2.31. The molecule has 0 spiro atoms. The quantitative estimate of drug-likeness (QED) is 0.608. The number of alkyl halides is 4. The maximum absolute atomic E-state index is 13.6. The normalized spacial score (nSPS) is 17.4. The zero-order valence-electron chi connectivity index (χ0n) is 13.8. The van der Waals surface area contributed by atoms with Crippen LogP contribution >= 0.6 is 11.8 Å². The van der Waals surface area contributed by atoms with Crippen LogP contribution in [0.3, 0.4) is 0 Å². The van der Waals surface area contributed by atoms with Gasteiger partial charge in [0.25, 0.3) is 0 Å². The highest BCUT2D eigenvalue weighted by Gasteiger charge is 2.59. The van der Waals surface area contributed by atoms with E-state index in [1.165, 1.54) is 12.1 Å². The Labute approximate surface area is 153 Å². The number of hydrogen-bond acceptors (Lipinski definition) is 3. The second kappa shape index (κ2) is 6.87. The Morgan fingerprint density at radius 2 is 1.69 bits per heavy atom. The van der Waals surface area contributed by atoms with Gasteiger partial charge in [0, 0.05) is 23.7 Å². The van der Waals surface area contributed by atoms with Crippen molar-refractivity contribution in [3.05, 3.63) is 66.8 Å². The summed E-state index contributed by atoms with van der Waals surface area (Å²) >= 11 is -0.0881. The van der Waals surface area contributed by atoms with Crippen molar-refractivity contribution in [1.82, 2.24) is 9.97 Å². The average molecular weight is 380 g/mol. The van der Waals surface area contributed by atoms with Crippen molar-refractivity contribution in [2.75, 3.05) is 0 Å². The third-order valence-corrected chi connectivity index (χ3v) is 5.32. The molecule has 0 bridgehead atoms. The monoisotopic (exact) mass is 380 g/mol. The molecule has 0 N–H and O–H groups in total. The fourth-order valence-electron chi connectivity index (χ4n) is 2.61. The number of hydrogen-bond donors (Lipinski definition) is 0. The fourth-order valence-corrected chi connectivity index (χ4v) is 3.56. The van der Waals surface area contributed by atoms with E-state index < -0.39 is 17.6 Å². The lowest BCUT2D eigenvalue weighted by Crippen LogP contribution is -2.42. The lowest BCUT2D eigenvalue weighted by atomic mass is 9.97. The number of thioether (sulfide) groups is 1. The first-order chi connectivity index (χ1) is 12.2. The predicted molar refractivity (Wildman–Crippen MR) is 95.2 cm³/mol. The summed E-state index contributed by atoms with van der Waals surface area (Å²) in [5.41, 5.74) is 2.33. The molecular formula is C19H16F4N2S. The number of halogens is 4. The smallest absolute Gasteiger partial charge is 0.237 e. The molecule has 7 heteroatoms. The summed E-state index contributed by atoms with van der Waals surface area (Å²) in [4.78, 5) is 8.41. The largest absolute Gasteiger partial charge is 0.360 e. The van der Waals surface area contributed by atoms with Gasteiger partial charge in [-0.25, -0.2) is 9.97 Å². The minimum Gasteiger partial charge on any atom is -0.237 e. The zero-order chi connectivity index (χ0) is 18.9.